The predicted molar refractivity (Wildman–Crippen MR) is 68.8 cm³/mol. The smallest absolute Gasteiger partial charge is 0.307 e. The molecule has 1 aliphatic heterocycles. The fourth-order valence-corrected chi connectivity index (χ4v) is 3.82. The minimum absolute atomic E-state index is 0.0187. The van der Waals surface area contributed by atoms with Gasteiger partial charge in [0.2, 0.25) is 0 Å². The van der Waals surface area contributed by atoms with E-state index in [2.05, 4.69) is 25.9 Å². The third-order valence-electron chi connectivity index (χ3n) is 3.53. The molecule has 2 unspecified atom stereocenters. The maximum atomic E-state index is 11.7. The fourth-order valence-electron chi connectivity index (χ4n) is 2.44. The monoisotopic (exact) mass is 245 g/mol. The molecule has 1 fully saturated rings. The van der Waals surface area contributed by atoms with Crippen LogP contribution >= 0.6 is 11.8 Å². The number of carbonyl (C=O) groups is 1. The van der Waals surface area contributed by atoms with Crippen molar-refractivity contribution in [2.45, 2.75) is 43.9 Å². The summed E-state index contributed by atoms with van der Waals surface area (Å²) in [7, 11) is 4.14. The SMILES string of the molecule is CCOC(=O)CC1(N(C)C)CCCSC1C. The summed E-state index contributed by atoms with van der Waals surface area (Å²) in [5, 5.41) is 0.487. The minimum atomic E-state index is -0.0643. The van der Waals surface area contributed by atoms with E-state index in [-0.39, 0.29) is 11.5 Å². The van der Waals surface area contributed by atoms with Crippen LogP contribution in [0.4, 0.5) is 0 Å². The summed E-state index contributed by atoms with van der Waals surface area (Å²) in [6.07, 6.45) is 2.79. The molecular formula is C12H23NO2S. The maximum absolute atomic E-state index is 11.7. The van der Waals surface area contributed by atoms with Gasteiger partial charge in [0.1, 0.15) is 0 Å². The van der Waals surface area contributed by atoms with Crippen LogP contribution in [0.5, 0.6) is 0 Å². The Hall–Kier alpha value is -0.220. The molecule has 0 aromatic carbocycles. The Morgan fingerprint density at radius 1 is 1.56 bits per heavy atom. The Balaban J connectivity index is 2.75. The molecule has 0 aromatic rings. The summed E-state index contributed by atoms with van der Waals surface area (Å²) >= 11 is 1.96. The molecule has 0 N–H and O–H groups in total. The molecule has 1 rings (SSSR count). The van der Waals surface area contributed by atoms with Crippen molar-refractivity contribution in [2.75, 3.05) is 26.5 Å². The molecule has 2 atom stereocenters. The van der Waals surface area contributed by atoms with Crippen LogP contribution < -0.4 is 0 Å². The fraction of sp³-hybridized carbons (Fsp3) is 0.917. The van der Waals surface area contributed by atoms with E-state index in [1.165, 1.54) is 12.2 Å². The maximum Gasteiger partial charge on any atom is 0.307 e. The second-order valence-corrected chi connectivity index (χ2v) is 6.05. The van der Waals surface area contributed by atoms with Gasteiger partial charge in [-0.05, 0) is 39.6 Å². The van der Waals surface area contributed by atoms with Gasteiger partial charge in [-0.25, -0.2) is 0 Å². The van der Waals surface area contributed by atoms with Crippen molar-refractivity contribution in [3.05, 3.63) is 0 Å². The lowest BCUT2D eigenvalue weighted by Crippen LogP contribution is -2.54. The van der Waals surface area contributed by atoms with Gasteiger partial charge in [-0.15, -0.1) is 0 Å². The first-order valence-electron chi connectivity index (χ1n) is 5.97. The van der Waals surface area contributed by atoms with E-state index in [1.807, 2.05) is 18.7 Å². The number of carbonyl (C=O) groups excluding carboxylic acids is 1. The van der Waals surface area contributed by atoms with E-state index in [4.69, 9.17) is 4.74 Å². The molecule has 1 heterocycles. The van der Waals surface area contributed by atoms with Crippen LogP contribution in [-0.2, 0) is 9.53 Å². The average Bonchev–Trinajstić information content (AvgIpc) is 2.21. The number of thioether (sulfide) groups is 1. The zero-order valence-electron chi connectivity index (χ0n) is 10.8. The van der Waals surface area contributed by atoms with Crippen molar-refractivity contribution in [3.8, 4) is 0 Å². The molecule has 4 heteroatoms. The highest BCUT2D eigenvalue weighted by molar-refractivity contribution is 8.00. The Bertz CT molecular complexity index is 245. The van der Waals surface area contributed by atoms with Gasteiger partial charge in [0, 0.05) is 10.8 Å². The average molecular weight is 245 g/mol. The lowest BCUT2D eigenvalue weighted by atomic mass is 9.85. The van der Waals surface area contributed by atoms with Gasteiger partial charge in [0.05, 0.1) is 13.0 Å². The number of rotatable bonds is 4. The van der Waals surface area contributed by atoms with Crippen molar-refractivity contribution in [1.82, 2.24) is 4.90 Å². The molecule has 0 radical (unpaired) electrons. The third kappa shape index (κ3) is 2.92. The molecule has 94 valence electrons. The van der Waals surface area contributed by atoms with Crippen molar-refractivity contribution < 1.29 is 9.53 Å². The first-order chi connectivity index (χ1) is 7.53. The summed E-state index contributed by atoms with van der Waals surface area (Å²) < 4.78 is 5.09. The second kappa shape index (κ2) is 5.92. The Labute approximate surface area is 103 Å². The lowest BCUT2D eigenvalue weighted by molar-refractivity contribution is -0.146. The molecular weight excluding hydrogens is 222 g/mol. The number of nitrogens with zero attached hydrogens (tertiary/aromatic N) is 1. The van der Waals surface area contributed by atoms with E-state index in [9.17, 15) is 4.79 Å². The quantitative estimate of drug-likeness (QED) is 0.710. The largest absolute Gasteiger partial charge is 0.466 e. The molecule has 0 aliphatic carbocycles. The Kier molecular flexibility index (Phi) is 5.12. The van der Waals surface area contributed by atoms with Crippen LogP contribution in [0, 0.1) is 0 Å². The van der Waals surface area contributed by atoms with Gasteiger partial charge in [0.25, 0.3) is 0 Å². The first kappa shape index (κ1) is 13.8. The molecule has 0 spiro atoms. The standard InChI is InChI=1S/C12H23NO2S/c1-5-15-11(14)9-12(13(3)4)7-6-8-16-10(12)2/h10H,5-9H2,1-4H3. The normalized spacial score (nSPS) is 30.4. The van der Waals surface area contributed by atoms with Crippen LogP contribution in [0.25, 0.3) is 0 Å². The van der Waals surface area contributed by atoms with Gasteiger partial charge >= 0.3 is 5.97 Å². The van der Waals surface area contributed by atoms with Crippen LogP contribution in [0.2, 0.25) is 0 Å². The molecule has 0 bridgehead atoms. The van der Waals surface area contributed by atoms with E-state index in [1.54, 1.807) is 0 Å². The zero-order valence-corrected chi connectivity index (χ0v) is 11.6. The van der Waals surface area contributed by atoms with Crippen LogP contribution in [0.15, 0.2) is 0 Å². The van der Waals surface area contributed by atoms with Gasteiger partial charge in [-0.1, -0.05) is 6.92 Å². The molecule has 0 aromatic heterocycles. The molecule has 16 heavy (non-hydrogen) atoms. The van der Waals surface area contributed by atoms with Crippen LogP contribution in [0.3, 0.4) is 0 Å². The molecule has 1 aliphatic rings. The summed E-state index contributed by atoms with van der Waals surface area (Å²) in [6, 6.07) is 0. The molecule has 3 nitrogen and oxygen atoms in total. The first-order valence-corrected chi connectivity index (χ1v) is 7.02. The van der Waals surface area contributed by atoms with E-state index >= 15 is 0 Å². The van der Waals surface area contributed by atoms with Gasteiger partial charge in [0.15, 0.2) is 0 Å². The van der Waals surface area contributed by atoms with E-state index in [0.717, 1.165) is 6.42 Å². The van der Waals surface area contributed by atoms with Crippen LogP contribution in [-0.4, -0.2) is 48.1 Å². The number of ether oxygens (including phenoxy) is 1. The molecule has 1 saturated heterocycles. The summed E-state index contributed by atoms with van der Waals surface area (Å²) in [6.45, 7) is 4.56. The van der Waals surface area contributed by atoms with Gasteiger partial charge in [-0.2, -0.15) is 11.8 Å². The second-order valence-electron chi connectivity index (χ2n) is 4.60. The highest BCUT2D eigenvalue weighted by Gasteiger charge is 2.42. The predicted octanol–water partition coefficient (Wildman–Crippen LogP) is 2.16. The summed E-state index contributed by atoms with van der Waals surface area (Å²) in [5.41, 5.74) is -0.0187. The van der Waals surface area contributed by atoms with Crippen molar-refractivity contribution in [2.24, 2.45) is 0 Å². The van der Waals surface area contributed by atoms with Gasteiger partial charge in [-0.3, -0.25) is 4.79 Å². The van der Waals surface area contributed by atoms with Crippen molar-refractivity contribution in [1.29, 1.82) is 0 Å². The highest BCUT2D eigenvalue weighted by atomic mass is 32.2. The van der Waals surface area contributed by atoms with Crippen molar-refractivity contribution >= 4 is 17.7 Å². The Morgan fingerprint density at radius 3 is 2.75 bits per heavy atom. The van der Waals surface area contributed by atoms with E-state index in [0.29, 0.717) is 18.3 Å². The number of esters is 1. The summed E-state index contributed by atoms with van der Waals surface area (Å²) in [5.74, 6) is 1.14. The van der Waals surface area contributed by atoms with E-state index < -0.39 is 0 Å². The Morgan fingerprint density at radius 2 is 2.25 bits per heavy atom. The number of hydrogen-bond donors (Lipinski definition) is 0. The zero-order chi connectivity index (χ0) is 12.2. The highest BCUT2D eigenvalue weighted by Crippen LogP contribution is 2.39. The van der Waals surface area contributed by atoms with Gasteiger partial charge < -0.3 is 9.64 Å². The lowest BCUT2D eigenvalue weighted by Gasteiger charge is -2.46. The topological polar surface area (TPSA) is 29.5 Å². The molecule has 0 amide bonds. The van der Waals surface area contributed by atoms with Crippen molar-refractivity contribution in [3.63, 3.8) is 0 Å². The molecule has 0 saturated carbocycles. The summed E-state index contributed by atoms with van der Waals surface area (Å²) in [4.78, 5) is 13.9. The minimum Gasteiger partial charge on any atom is -0.466 e. The third-order valence-corrected chi connectivity index (χ3v) is 4.99. The number of hydrogen-bond acceptors (Lipinski definition) is 4. The van der Waals surface area contributed by atoms with Crippen LogP contribution in [0.1, 0.15) is 33.1 Å².